The van der Waals surface area contributed by atoms with E-state index in [1.807, 2.05) is 79.4 Å². The van der Waals surface area contributed by atoms with Gasteiger partial charge in [0.1, 0.15) is 5.54 Å². The van der Waals surface area contributed by atoms with Crippen molar-refractivity contribution in [2.24, 2.45) is 0 Å². The fourth-order valence-corrected chi connectivity index (χ4v) is 4.91. The van der Waals surface area contributed by atoms with Crippen molar-refractivity contribution in [2.75, 3.05) is 0 Å². The van der Waals surface area contributed by atoms with Crippen LogP contribution in [0, 0.1) is 0 Å². The smallest absolute Gasteiger partial charge is 0.184 e. The summed E-state index contributed by atoms with van der Waals surface area (Å²) in [5.74, 6) is 0. The summed E-state index contributed by atoms with van der Waals surface area (Å²) in [5.41, 5.74) is 4.19. The summed E-state index contributed by atoms with van der Waals surface area (Å²) in [5, 5.41) is 0. The second-order valence-electron chi connectivity index (χ2n) is 9.10. The maximum atomic E-state index is 4.95. The molecule has 0 saturated carbocycles. The number of hydrogen-bond acceptors (Lipinski definition) is 5. The predicted octanol–water partition coefficient (Wildman–Crippen LogP) is 4.93. The Morgan fingerprint density at radius 1 is 0.658 bits per heavy atom. The molecule has 6 nitrogen and oxygen atoms in total. The van der Waals surface area contributed by atoms with Crippen molar-refractivity contribution < 1.29 is 4.57 Å². The maximum absolute atomic E-state index is 4.95. The van der Waals surface area contributed by atoms with Crippen molar-refractivity contribution >= 4 is 0 Å². The highest BCUT2D eigenvalue weighted by atomic mass is 15.2. The second kappa shape index (κ2) is 12.1. The minimum absolute atomic E-state index is 0.582. The SMILES string of the molecule is C=CC[n+]1ccccc1CC(c1ccccn1)(c1ccccn1)N(Cc1ccccn1)Cc1ccccn1. The van der Waals surface area contributed by atoms with Gasteiger partial charge in [0.15, 0.2) is 18.4 Å². The molecule has 0 spiro atoms. The van der Waals surface area contributed by atoms with Crippen LogP contribution in [0.4, 0.5) is 0 Å². The Balaban J connectivity index is 1.76. The number of nitrogens with zero attached hydrogens (tertiary/aromatic N) is 6. The lowest BCUT2D eigenvalue weighted by Gasteiger charge is -2.42. The molecule has 5 heterocycles. The van der Waals surface area contributed by atoms with Gasteiger partial charge in [-0.3, -0.25) is 24.8 Å². The second-order valence-corrected chi connectivity index (χ2v) is 9.10. The van der Waals surface area contributed by atoms with E-state index in [2.05, 4.69) is 64.7 Å². The summed E-state index contributed by atoms with van der Waals surface area (Å²) >= 11 is 0. The van der Waals surface area contributed by atoms with E-state index in [-0.39, 0.29) is 0 Å². The van der Waals surface area contributed by atoms with Crippen molar-refractivity contribution in [1.82, 2.24) is 24.8 Å². The molecule has 5 aromatic heterocycles. The first-order valence-electron chi connectivity index (χ1n) is 12.8. The normalized spacial score (nSPS) is 11.4. The van der Waals surface area contributed by atoms with Crippen molar-refractivity contribution in [2.45, 2.75) is 31.6 Å². The summed E-state index contributed by atoms with van der Waals surface area (Å²) in [6, 6.07) is 30.6. The molecule has 0 aromatic carbocycles. The molecule has 0 fully saturated rings. The average molecular weight is 500 g/mol. The lowest BCUT2D eigenvalue weighted by Crippen LogP contribution is -2.52. The molecule has 188 valence electrons. The van der Waals surface area contributed by atoms with Gasteiger partial charge in [0.05, 0.1) is 29.2 Å². The zero-order valence-corrected chi connectivity index (χ0v) is 21.3. The lowest BCUT2D eigenvalue weighted by atomic mass is 9.82. The molecule has 5 aromatic rings. The third kappa shape index (κ3) is 5.56. The monoisotopic (exact) mass is 499 g/mol. The fourth-order valence-electron chi connectivity index (χ4n) is 4.91. The van der Waals surface area contributed by atoms with Gasteiger partial charge in [0, 0.05) is 50.0 Å². The van der Waals surface area contributed by atoms with Crippen LogP contribution in [0.2, 0.25) is 0 Å². The number of rotatable bonds is 11. The summed E-state index contributed by atoms with van der Waals surface area (Å²) in [6.07, 6.45) is 12.0. The maximum Gasteiger partial charge on any atom is 0.184 e. The summed E-state index contributed by atoms with van der Waals surface area (Å²) in [4.78, 5) is 21.7. The highest BCUT2D eigenvalue weighted by Gasteiger charge is 2.45. The summed E-state index contributed by atoms with van der Waals surface area (Å²) < 4.78 is 2.23. The molecule has 0 atom stereocenters. The van der Waals surface area contributed by atoms with Crippen molar-refractivity contribution in [3.63, 3.8) is 0 Å². The number of aromatic nitrogens is 5. The van der Waals surface area contributed by atoms with Gasteiger partial charge in [0.2, 0.25) is 0 Å². The first kappa shape index (κ1) is 25.1. The third-order valence-electron chi connectivity index (χ3n) is 6.67. The standard InChI is InChI=1S/C32H31N6/c1-2-22-37-23-12-7-15-29(37)24-32(30-16-5-10-20-35-30,31-17-6-11-21-36-31)38(25-27-13-3-8-18-33-27)26-28-14-4-9-19-34-28/h2-21,23H,1,22,24-26H2/q+1. The van der Waals surface area contributed by atoms with Gasteiger partial charge < -0.3 is 0 Å². The summed E-state index contributed by atoms with van der Waals surface area (Å²) in [7, 11) is 0. The molecular formula is C32H31N6+. The van der Waals surface area contributed by atoms with Crippen LogP contribution in [0.1, 0.15) is 28.5 Å². The molecule has 0 aliphatic rings. The van der Waals surface area contributed by atoms with Gasteiger partial charge in [-0.05, 0) is 54.6 Å². The first-order valence-corrected chi connectivity index (χ1v) is 12.8. The quantitative estimate of drug-likeness (QED) is 0.191. The van der Waals surface area contributed by atoms with E-state index in [4.69, 9.17) is 19.9 Å². The largest absolute Gasteiger partial charge is 0.275 e. The Labute approximate surface area is 224 Å². The van der Waals surface area contributed by atoms with E-state index >= 15 is 0 Å². The van der Waals surface area contributed by atoms with Gasteiger partial charge in [-0.2, -0.15) is 4.57 Å². The molecule has 0 N–H and O–H groups in total. The van der Waals surface area contributed by atoms with Crippen LogP contribution in [0.3, 0.4) is 0 Å². The predicted molar refractivity (Wildman–Crippen MR) is 148 cm³/mol. The Bertz CT molecular complexity index is 1350. The zero-order chi connectivity index (χ0) is 26.0. The van der Waals surface area contributed by atoms with E-state index in [0.717, 1.165) is 28.5 Å². The molecule has 0 amide bonds. The fraction of sp³-hybridized carbons (Fsp3) is 0.156. The summed E-state index contributed by atoms with van der Waals surface area (Å²) in [6.45, 7) is 5.85. The Hall–Kier alpha value is -4.55. The molecular weight excluding hydrogens is 468 g/mol. The highest BCUT2D eigenvalue weighted by Crippen LogP contribution is 2.39. The minimum atomic E-state index is -0.720. The van der Waals surface area contributed by atoms with Crippen molar-refractivity contribution in [3.8, 4) is 0 Å². The zero-order valence-electron chi connectivity index (χ0n) is 21.3. The molecule has 0 saturated heterocycles. The molecule has 0 aliphatic heterocycles. The van der Waals surface area contributed by atoms with E-state index in [9.17, 15) is 0 Å². The molecule has 38 heavy (non-hydrogen) atoms. The van der Waals surface area contributed by atoms with Gasteiger partial charge in [0.25, 0.3) is 0 Å². The van der Waals surface area contributed by atoms with E-state index in [0.29, 0.717) is 26.1 Å². The average Bonchev–Trinajstić information content (AvgIpc) is 2.99. The Morgan fingerprint density at radius 3 is 1.66 bits per heavy atom. The molecule has 0 radical (unpaired) electrons. The molecule has 5 rings (SSSR count). The Morgan fingerprint density at radius 2 is 1.18 bits per heavy atom. The molecule has 0 unspecified atom stereocenters. The van der Waals surface area contributed by atoms with Crippen LogP contribution in [0.15, 0.2) is 135 Å². The third-order valence-corrected chi connectivity index (χ3v) is 6.67. The van der Waals surface area contributed by atoms with Crippen LogP contribution < -0.4 is 4.57 Å². The molecule has 0 bridgehead atoms. The van der Waals surface area contributed by atoms with Gasteiger partial charge in [-0.1, -0.05) is 36.9 Å². The highest BCUT2D eigenvalue weighted by molar-refractivity contribution is 5.33. The molecule has 0 aliphatic carbocycles. The lowest BCUT2D eigenvalue weighted by molar-refractivity contribution is -0.694. The van der Waals surface area contributed by atoms with E-state index < -0.39 is 5.54 Å². The van der Waals surface area contributed by atoms with Crippen LogP contribution in [-0.4, -0.2) is 24.8 Å². The van der Waals surface area contributed by atoms with Crippen LogP contribution in [-0.2, 0) is 31.6 Å². The van der Waals surface area contributed by atoms with Crippen LogP contribution in [0.25, 0.3) is 0 Å². The first-order chi connectivity index (χ1) is 18.8. The number of allylic oxidation sites excluding steroid dienone is 1. The Kier molecular flexibility index (Phi) is 8.01. The minimum Gasteiger partial charge on any atom is -0.275 e. The van der Waals surface area contributed by atoms with Gasteiger partial charge >= 0.3 is 0 Å². The van der Waals surface area contributed by atoms with Crippen LogP contribution >= 0.6 is 0 Å². The van der Waals surface area contributed by atoms with Gasteiger partial charge in [-0.25, -0.2) is 0 Å². The van der Waals surface area contributed by atoms with E-state index in [1.165, 1.54) is 0 Å². The number of pyridine rings is 5. The van der Waals surface area contributed by atoms with Crippen LogP contribution in [0.5, 0.6) is 0 Å². The van der Waals surface area contributed by atoms with E-state index in [1.54, 1.807) is 0 Å². The van der Waals surface area contributed by atoms with Crippen molar-refractivity contribution in [1.29, 1.82) is 0 Å². The van der Waals surface area contributed by atoms with Crippen molar-refractivity contribution in [3.05, 3.63) is 163 Å². The topological polar surface area (TPSA) is 58.7 Å². The van der Waals surface area contributed by atoms with Gasteiger partial charge in [-0.15, -0.1) is 0 Å². The molecule has 6 heteroatoms. The number of hydrogen-bond donors (Lipinski definition) is 0.